The van der Waals surface area contributed by atoms with Crippen molar-refractivity contribution in [1.29, 1.82) is 0 Å². The quantitative estimate of drug-likeness (QED) is 0.0703. The molecule has 2 aromatic carbocycles. The Bertz CT molecular complexity index is 1430. The SMILES string of the molecule is CCCCc1oc2ccc(N(CCCN(CCCC)CCCC)S(C)(=O)=O)cc2c1Cc1ccc(CCCCN(CCCC)CCCC)cc1. The third-order valence-corrected chi connectivity index (χ3v) is 11.2. The zero-order valence-electron chi connectivity index (χ0n) is 32.8. The molecule has 3 rings (SSSR count). The molecule has 1 aromatic heterocycles. The molecule has 0 aliphatic carbocycles. The van der Waals surface area contributed by atoms with Crippen molar-refractivity contribution in [3.63, 3.8) is 0 Å². The van der Waals surface area contributed by atoms with Crippen molar-refractivity contribution < 1.29 is 12.8 Å². The average Bonchev–Trinajstić information content (AvgIpc) is 3.45. The maximum atomic E-state index is 13.1. The Hall–Kier alpha value is -2.35. The highest BCUT2D eigenvalue weighted by atomic mass is 32.2. The van der Waals surface area contributed by atoms with Crippen molar-refractivity contribution in [3.05, 3.63) is 64.9 Å². The molecule has 0 saturated carbocycles. The molecule has 0 aliphatic heterocycles. The standard InChI is InChI=1S/C43H71N3O3S/c1-7-12-21-42-40(35-38-24-22-37(23-25-38)20-17-18-32-44(28-13-8-2)29-14-9-3)41-36-39(26-27-43(41)49-42)46(50(6,47)48)34-19-33-45(30-15-10-4)31-16-11-5/h22-27,36H,7-21,28-35H2,1-6H3. The molecule has 1 heterocycles. The first-order valence-electron chi connectivity index (χ1n) is 20.3. The van der Waals surface area contributed by atoms with Crippen LogP contribution >= 0.6 is 0 Å². The number of fused-ring (bicyclic) bond motifs is 1. The van der Waals surface area contributed by atoms with E-state index >= 15 is 0 Å². The molecule has 0 amide bonds. The summed E-state index contributed by atoms with van der Waals surface area (Å²) in [5.41, 5.74) is 5.44. The second kappa shape index (κ2) is 23.3. The van der Waals surface area contributed by atoms with Gasteiger partial charge in [0.15, 0.2) is 0 Å². The van der Waals surface area contributed by atoms with Gasteiger partial charge in [-0.1, -0.05) is 91.0 Å². The van der Waals surface area contributed by atoms with E-state index in [9.17, 15) is 8.42 Å². The number of anilines is 1. The van der Waals surface area contributed by atoms with Gasteiger partial charge in [-0.3, -0.25) is 4.31 Å². The lowest BCUT2D eigenvalue weighted by Gasteiger charge is -2.26. The lowest BCUT2D eigenvalue weighted by atomic mass is 9.98. The molecule has 6 nitrogen and oxygen atoms in total. The molecular formula is C43H71N3O3S. The van der Waals surface area contributed by atoms with Crippen LogP contribution in [0.3, 0.4) is 0 Å². The monoisotopic (exact) mass is 710 g/mol. The van der Waals surface area contributed by atoms with Crippen molar-refractivity contribution in [2.75, 3.05) is 56.4 Å². The van der Waals surface area contributed by atoms with Crippen molar-refractivity contribution in [3.8, 4) is 0 Å². The smallest absolute Gasteiger partial charge is 0.232 e. The van der Waals surface area contributed by atoms with Gasteiger partial charge in [-0.15, -0.1) is 0 Å². The van der Waals surface area contributed by atoms with Crippen molar-refractivity contribution in [1.82, 2.24) is 9.80 Å². The van der Waals surface area contributed by atoms with Gasteiger partial charge in [-0.25, -0.2) is 8.42 Å². The maximum absolute atomic E-state index is 13.1. The summed E-state index contributed by atoms with van der Waals surface area (Å²) in [5.74, 6) is 1.03. The minimum atomic E-state index is -3.44. The van der Waals surface area contributed by atoms with E-state index in [-0.39, 0.29) is 0 Å². The summed E-state index contributed by atoms with van der Waals surface area (Å²) in [6, 6.07) is 15.1. The van der Waals surface area contributed by atoms with Crippen molar-refractivity contribution in [2.24, 2.45) is 0 Å². The van der Waals surface area contributed by atoms with Crippen LogP contribution in [0, 0.1) is 0 Å². The molecule has 0 fully saturated rings. The normalized spacial score (nSPS) is 12.2. The number of aryl methyl sites for hydroxylation is 2. The molecule has 0 N–H and O–H groups in total. The number of sulfonamides is 1. The summed E-state index contributed by atoms with van der Waals surface area (Å²) in [7, 11) is -3.44. The van der Waals surface area contributed by atoms with Crippen molar-refractivity contribution >= 4 is 26.7 Å². The Morgan fingerprint density at radius 1 is 0.560 bits per heavy atom. The zero-order valence-corrected chi connectivity index (χ0v) is 33.6. The van der Waals surface area contributed by atoms with Crippen LogP contribution in [0.1, 0.15) is 141 Å². The predicted octanol–water partition coefficient (Wildman–Crippen LogP) is 10.6. The van der Waals surface area contributed by atoms with E-state index in [0.717, 1.165) is 80.6 Å². The lowest BCUT2D eigenvalue weighted by molar-refractivity contribution is 0.260. The van der Waals surface area contributed by atoms with Crippen LogP contribution in [0.5, 0.6) is 0 Å². The average molecular weight is 710 g/mol. The fraction of sp³-hybridized carbons (Fsp3) is 0.674. The van der Waals surface area contributed by atoms with Crippen LogP contribution in [0.25, 0.3) is 11.0 Å². The number of unbranched alkanes of at least 4 members (excludes halogenated alkanes) is 6. The van der Waals surface area contributed by atoms with E-state index in [2.05, 4.69) is 74.8 Å². The molecule has 0 atom stereocenters. The summed E-state index contributed by atoms with van der Waals surface area (Å²) >= 11 is 0. The molecule has 282 valence electrons. The first-order valence-corrected chi connectivity index (χ1v) is 22.1. The third kappa shape index (κ3) is 14.3. The van der Waals surface area contributed by atoms with Crippen LogP contribution in [0.2, 0.25) is 0 Å². The van der Waals surface area contributed by atoms with Gasteiger partial charge < -0.3 is 14.2 Å². The number of nitrogens with zero attached hydrogens (tertiary/aromatic N) is 3. The molecule has 0 aliphatic rings. The largest absolute Gasteiger partial charge is 0.461 e. The Morgan fingerprint density at radius 2 is 1.08 bits per heavy atom. The minimum absolute atomic E-state index is 0.478. The molecule has 3 aromatic rings. The highest BCUT2D eigenvalue weighted by Crippen LogP contribution is 2.33. The van der Waals surface area contributed by atoms with E-state index in [0.29, 0.717) is 6.54 Å². The summed E-state index contributed by atoms with van der Waals surface area (Å²) in [6.45, 7) is 18.5. The number of hydrogen-bond acceptors (Lipinski definition) is 5. The third-order valence-electron chi connectivity index (χ3n) is 10.0. The van der Waals surface area contributed by atoms with Crippen molar-refractivity contribution in [2.45, 2.75) is 137 Å². The highest BCUT2D eigenvalue weighted by Gasteiger charge is 2.21. The molecule has 0 spiro atoms. The van der Waals surface area contributed by atoms with Gasteiger partial charge in [0.05, 0.1) is 11.9 Å². The van der Waals surface area contributed by atoms with E-state index in [1.807, 2.05) is 12.1 Å². The molecule has 7 heteroatoms. The number of benzene rings is 2. The maximum Gasteiger partial charge on any atom is 0.232 e. The zero-order chi connectivity index (χ0) is 36.2. The number of hydrogen-bond donors (Lipinski definition) is 0. The van der Waals surface area contributed by atoms with Gasteiger partial charge in [0.1, 0.15) is 11.3 Å². The Kier molecular flexibility index (Phi) is 19.6. The first-order chi connectivity index (χ1) is 24.2. The second-order valence-corrected chi connectivity index (χ2v) is 16.4. The van der Waals surface area contributed by atoms with Crippen LogP contribution < -0.4 is 4.31 Å². The topological polar surface area (TPSA) is 57.0 Å². The Balaban J connectivity index is 1.74. The Labute approximate surface area is 307 Å². The molecule has 0 bridgehead atoms. The molecular weight excluding hydrogens is 639 g/mol. The molecule has 0 radical (unpaired) electrons. The van der Waals surface area contributed by atoms with Crippen LogP contribution in [-0.4, -0.2) is 70.3 Å². The van der Waals surface area contributed by atoms with E-state index < -0.39 is 10.0 Å². The number of rotatable bonds is 28. The van der Waals surface area contributed by atoms with E-state index in [1.54, 1.807) is 4.31 Å². The summed E-state index contributed by atoms with van der Waals surface area (Å²) < 4.78 is 34.3. The summed E-state index contributed by atoms with van der Waals surface area (Å²) in [6.07, 6.45) is 19.4. The second-order valence-electron chi connectivity index (χ2n) is 14.5. The number of furan rings is 1. The van der Waals surface area contributed by atoms with Gasteiger partial charge in [-0.05, 0) is 126 Å². The molecule has 50 heavy (non-hydrogen) atoms. The fourth-order valence-electron chi connectivity index (χ4n) is 6.89. The van der Waals surface area contributed by atoms with Gasteiger partial charge in [0.25, 0.3) is 0 Å². The van der Waals surface area contributed by atoms with Gasteiger partial charge in [0, 0.05) is 30.3 Å². The van der Waals surface area contributed by atoms with Crippen LogP contribution in [-0.2, 0) is 29.3 Å². The highest BCUT2D eigenvalue weighted by molar-refractivity contribution is 7.92. The van der Waals surface area contributed by atoms with E-state index in [4.69, 9.17) is 4.42 Å². The summed E-state index contributed by atoms with van der Waals surface area (Å²) in [4.78, 5) is 5.17. The van der Waals surface area contributed by atoms with Gasteiger partial charge in [-0.2, -0.15) is 0 Å². The van der Waals surface area contributed by atoms with Crippen LogP contribution in [0.4, 0.5) is 5.69 Å². The fourth-order valence-corrected chi connectivity index (χ4v) is 7.85. The predicted molar refractivity (Wildman–Crippen MR) is 216 cm³/mol. The van der Waals surface area contributed by atoms with Gasteiger partial charge in [0.2, 0.25) is 10.0 Å². The Morgan fingerprint density at radius 3 is 1.62 bits per heavy atom. The van der Waals surface area contributed by atoms with E-state index in [1.165, 1.54) is 107 Å². The van der Waals surface area contributed by atoms with Crippen LogP contribution in [0.15, 0.2) is 46.9 Å². The van der Waals surface area contributed by atoms with Gasteiger partial charge >= 0.3 is 0 Å². The molecule has 0 saturated heterocycles. The minimum Gasteiger partial charge on any atom is -0.461 e. The molecule has 0 unspecified atom stereocenters. The first kappa shape index (κ1) is 42.1. The summed E-state index contributed by atoms with van der Waals surface area (Å²) in [5, 5.41) is 1.04. The lowest BCUT2D eigenvalue weighted by Crippen LogP contribution is -2.34.